The van der Waals surface area contributed by atoms with Gasteiger partial charge in [-0.3, -0.25) is 9.59 Å². The first-order valence-corrected chi connectivity index (χ1v) is 8.99. The van der Waals surface area contributed by atoms with Gasteiger partial charge in [-0.05, 0) is 26.7 Å². The topological polar surface area (TPSA) is 80.1 Å². The molecule has 1 N–H and O–H groups in total. The molecule has 0 unspecified atom stereocenters. The third-order valence-electron chi connectivity index (χ3n) is 4.32. The fraction of sp³-hybridized carbons (Fsp3) is 0.500. The quantitative estimate of drug-likeness (QED) is 0.905. The second kappa shape index (κ2) is 7.12. The first-order valence-electron chi connectivity index (χ1n) is 8.11. The molecule has 24 heavy (non-hydrogen) atoms. The molecule has 0 saturated carbocycles. The zero-order chi connectivity index (χ0) is 17.1. The van der Waals surface area contributed by atoms with E-state index >= 15 is 0 Å². The van der Waals surface area contributed by atoms with Gasteiger partial charge >= 0.3 is 0 Å². The van der Waals surface area contributed by atoms with Crippen molar-refractivity contribution >= 4 is 23.1 Å². The lowest BCUT2D eigenvalue weighted by molar-refractivity contribution is 0.0934. The van der Waals surface area contributed by atoms with Crippen LogP contribution in [0, 0.1) is 6.92 Å². The minimum atomic E-state index is -0.0559. The van der Waals surface area contributed by atoms with Gasteiger partial charge in [-0.25, -0.2) is 9.97 Å². The summed E-state index contributed by atoms with van der Waals surface area (Å²) < 4.78 is 1.66. The molecule has 0 bridgehead atoms. The zero-order valence-electron chi connectivity index (χ0n) is 13.9. The summed E-state index contributed by atoms with van der Waals surface area (Å²) in [7, 11) is 0. The molecular weight excluding hydrogens is 326 g/mol. The van der Waals surface area contributed by atoms with Gasteiger partial charge in [0.1, 0.15) is 4.88 Å². The highest BCUT2D eigenvalue weighted by atomic mass is 32.1. The van der Waals surface area contributed by atoms with Crippen molar-refractivity contribution in [2.75, 3.05) is 18.0 Å². The summed E-state index contributed by atoms with van der Waals surface area (Å²) in [5.74, 6) is 0.446. The number of thiazole rings is 1. The van der Waals surface area contributed by atoms with Crippen LogP contribution in [-0.2, 0) is 6.54 Å². The molecule has 0 aromatic carbocycles. The van der Waals surface area contributed by atoms with E-state index in [0.717, 1.165) is 18.5 Å². The normalized spacial score (nSPS) is 15.5. The molecule has 128 valence electrons. The van der Waals surface area contributed by atoms with Gasteiger partial charge in [0.15, 0.2) is 5.82 Å². The monoisotopic (exact) mass is 347 g/mol. The van der Waals surface area contributed by atoms with E-state index in [2.05, 4.69) is 15.3 Å². The molecule has 2 aromatic rings. The Kier molecular flexibility index (Phi) is 4.94. The van der Waals surface area contributed by atoms with Crippen molar-refractivity contribution in [3.63, 3.8) is 0 Å². The zero-order valence-corrected chi connectivity index (χ0v) is 14.7. The number of carbonyl (C=O) groups excluding carboxylic acids is 1. The van der Waals surface area contributed by atoms with Crippen LogP contribution in [0.3, 0.4) is 0 Å². The molecule has 2 aromatic heterocycles. The maximum atomic E-state index is 12.3. The highest BCUT2D eigenvalue weighted by molar-refractivity contribution is 7.11. The largest absolute Gasteiger partial charge is 0.352 e. The lowest BCUT2D eigenvalue weighted by atomic mass is 10.0. The van der Waals surface area contributed by atoms with E-state index < -0.39 is 0 Å². The van der Waals surface area contributed by atoms with Crippen LogP contribution in [0.2, 0.25) is 0 Å². The molecule has 7 nitrogen and oxygen atoms in total. The Morgan fingerprint density at radius 3 is 2.75 bits per heavy atom. The van der Waals surface area contributed by atoms with Gasteiger partial charge in [0.05, 0.1) is 11.2 Å². The van der Waals surface area contributed by atoms with Crippen molar-refractivity contribution in [1.29, 1.82) is 0 Å². The number of aromatic nitrogens is 3. The number of rotatable bonds is 4. The maximum absolute atomic E-state index is 12.3. The Balaban J connectivity index is 1.61. The van der Waals surface area contributed by atoms with Crippen LogP contribution < -0.4 is 15.8 Å². The molecule has 1 amide bonds. The lowest BCUT2D eigenvalue weighted by Crippen LogP contribution is -2.46. The van der Waals surface area contributed by atoms with E-state index in [1.54, 1.807) is 22.5 Å². The molecule has 1 saturated heterocycles. The van der Waals surface area contributed by atoms with E-state index in [1.165, 1.54) is 11.3 Å². The summed E-state index contributed by atoms with van der Waals surface area (Å²) in [6.45, 7) is 5.84. The molecular formula is C16H21N5O2S. The van der Waals surface area contributed by atoms with E-state index in [-0.39, 0.29) is 17.5 Å². The van der Waals surface area contributed by atoms with Crippen molar-refractivity contribution < 1.29 is 4.79 Å². The molecule has 8 heteroatoms. The number of amides is 1. The molecule has 0 radical (unpaired) electrons. The molecule has 0 atom stereocenters. The Morgan fingerprint density at radius 2 is 2.12 bits per heavy atom. The fourth-order valence-corrected chi connectivity index (χ4v) is 3.61. The highest BCUT2D eigenvalue weighted by Crippen LogP contribution is 2.17. The third kappa shape index (κ3) is 3.33. The lowest BCUT2D eigenvalue weighted by Gasteiger charge is -2.32. The van der Waals surface area contributed by atoms with E-state index in [9.17, 15) is 9.59 Å². The predicted molar refractivity (Wildman–Crippen MR) is 93.7 cm³/mol. The molecule has 3 rings (SSSR count). The number of aryl methyl sites for hydroxylation is 2. The molecule has 1 fully saturated rings. The van der Waals surface area contributed by atoms with Crippen molar-refractivity contribution in [2.24, 2.45) is 0 Å². The van der Waals surface area contributed by atoms with Crippen molar-refractivity contribution in [2.45, 2.75) is 39.3 Å². The number of anilines is 1. The van der Waals surface area contributed by atoms with Crippen molar-refractivity contribution in [3.8, 4) is 0 Å². The Labute approximate surface area is 144 Å². The Hall–Kier alpha value is -2.22. The first kappa shape index (κ1) is 16.6. The van der Waals surface area contributed by atoms with Crippen LogP contribution >= 0.6 is 11.3 Å². The van der Waals surface area contributed by atoms with Crippen LogP contribution in [0.15, 0.2) is 22.7 Å². The third-order valence-corrected chi connectivity index (χ3v) is 5.25. The number of hydrogen-bond acceptors (Lipinski definition) is 6. The second-order valence-electron chi connectivity index (χ2n) is 5.84. The summed E-state index contributed by atoms with van der Waals surface area (Å²) in [6, 6.07) is 0.118. The van der Waals surface area contributed by atoms with Gasteiger partial charge in [0.25, 0.3) is 11.5 Å². The van der Waals surface area contributed by atoms with Crippen LogP contribution in [0.5, 0.6) is 0 Å². The minimum absolute atomic E-state index is 0.0530. The minimum Gasteiger partial charge on any atom is -0.352 e. The number of nitrogens with zero attached hydrogens (tertiary/aromatic N) is 4. The van der Waals surface area contributed by atoms with Crippen LogP contribution in [0.1, 0.15) is 35.1 Å². The summed E-state index contributed by atoms with van der Waals surface area (Å²) in [5, 5.41) is 3.07. The van der Waals surface area contributed by atoms with E-state index in [1.807, 2.05) is 18.7 Å². The van der Waals surface area contributed by atoms with Crippen molar-refractivity contribution in [1.82, 2.24) is 19.9 Å². The van der Waals surface area contributed by atoms with Gasteiger partial charge < -0.3 is 14.8 Å². The Morgan fingerprint density at radius 1 is 1.38 bits per heavy atom. The van der Waals surface area contributed by atoms with Crippen LogP contribution in [-0.4, -0.2) is 39.6 Å². The smallest absolute Gasteiger partial charge is 0.293 e. The summed E-state index contributed by atoms with van der Waals surface area (Å²) in [4.78, 5) is 35.6. The number of piperidine rings is 1. The van der Waals surface area contributed by atoms with Crippen molar-refractivity contribution in [3.05, 3.63) is 38.8 Å². The van der Waals surface area contributed by atoms with Gasteiger partial charge in [-0.2, -0.15) is 0 Å². The van der Waals surface area contributed by atoms with Gasteiger partial charge in [0, 0.05) is 38.1 Å². The number of hydrogen-bond donors (Lipinski definition) is 1. The second-order valence-corrected chi connectivity index (χ2v) is 6.70. The molecule has 1 aliphatic heterocycles. The van der Waals surface area contributed by atoms with Crippen LogP contribution in [0.25, 0.3) is 0 Å². The van der Waals surface area contributed by atoms with Crippen LogP contribution in [0.4, 0.5) is 5.82 Å². The van der Waals surface area contributed by atoms with E-state index in [4.69, 9.17) is 0 Å². The van der Waals surface area contributed by atoms with E-state index in [0.29, 0.717) is 30.3 Å². The average Bonchev–Trinajstić information content (AvgIpc) is 3.02. The molecule has 3 heterocycles. The fourth-order valence-electron chi connectivity index (χ4n) is 2.91. The molecule has 0 spiro atoms. The molecule has 1 aliphatic rings. The van der Waals surface area contributed by atoms with Gasteiger partial charge in [0.2, 0.25) is 0 Å². The average molecular weight is 347 g/mol. The predicted octanol–water partition coefficient (Wildman–Crippen LogP) is 1.43. The summed E-state index contributed by atoms with van der Waals surface area (Å²) in [5.41, 5.74) is 2.40. The SMILES string of the molecule is CCn1ccnc(N2CCC(NC(=O)c3scnc3C)CC2)c1=O. The summed E-state index contributed by atoms with van der Waals surface area (Å²) >= 11 is 1.36. The Bertz CT molecular complexity index is 777. The maximum Gasteiger partial charge on any atom is 0.293 e. The first-order chi connectivity index (χ1) is 11.6. The molecule has 0 aliphatic carbocycles. The number of nitrogens with one attached hydrogen (secondary N) is 1. The van der Waals surface area contributed by atoms with Gasteiger partial charge in [-0.15, -0.1) is 11.3 Å². The standard InChI is InChI=1S/C16H21N5O2S/c1-3-20-9-6-17-14(16(20)23)21-7-4-12(5-8-21)19-15(22)13-11(2)18-10-24-13/h6,9-10,12H,3-5,7-8H2,1-2H3,(H,19,22). The van der Waals surface area contributed by atoms with Gasteiger partial charge in [-0.1, -0.05) is 0 Å². The number of carbonyl (C=O) groups is 1. The highest BCUT2D eigenvalue weighted by Gasteiger charge is 2.24. The summed E-state index contributed by atoms with van der Waals surface area (Å²) in [6.07, 6.45) is 4.97.